The first-order valence-corrected chi connectivity index (χ1v) is 10.5. The van der Waals surface area contributed by atoms with Crippen molar-refractivity contribution in [2.24, 2.45) is 7.05 Å². The van der Waals surface area contributed by atoms with Gasteiger partial charge >= 0.3 is 0 Å². The second-order valence-corrected chi connectivity index (χ2v) is 8.15. The van der Waals surface area contributed by atoms with Gasteiger partial charge in [-0.3, -0.25) is 4.68 Å². The van der Waals surface area contributed by atoms with Gasteiger partial charge in [-0.2, -0.15) is 10.1 Å². The fourth-order valence-corrected chi connectivity index (χ4v) is 3.96. The Morgan fingerprint density at radius 1 is 1.06 bits per heavy atom. The standard InChI is InChI=1S/C23H24FN7O/c1-13-9-17(24)5-6-18(13)20-21-22(27-15(3)14(2)26-21)29-23(28-20)31-7-8-32-19(12-31)16-10-25-30(4)11-16/h5-6,9-11,19H,7-8,12H2,1-4H3/t19-/m1/s1. The van der Waals surface area contributed by atoms with Gasteiger partial charge in [-0.25, -0.2) is 19.3 Å². The van der Waals surface area contributed by atoms with E-state index in [2.05, 4.69) is 15.0 Å². The molecule has 1 fully saturated rings. The van der Waals surface area contributed by atoms with Crippen molar-refractivity contribution >= 4 is 17.1 Å². The molecule has 0 N–H and O–H groups in total. The van der Waals surface area contributed by atoms with Gasteiger partial charge in [0.2, 0.25) is 5.95 Å². The number of halogens is 1. The lowest BCUT2D eigenvalue weighted by atomic mass is 10.0. The van der Waals surface area contributed by atoms with Crippen molar-refractivity contribution in [3.05, 3.63) is 58.9 Å². The molecule has 4 heterocycles. The van der Waals surface area contributed by atoms with Crippen LogP contribution in [0.5, 0.6) is 0 Å². The lowest BCUT2D eigenvalue weighted by Gasteiger charge is -2.32. The van der Waals surface area contributed by atoms with Crippen LogP contribution >= 0.6 is 0 Å². The van der Waals surface area contributed by atoms with E-state index in [4.69, 9.17) is 19.7 Å². The smallest absolute Gasteiger partial charge is 0.228 e. The molecule has 0 radical (unpaired) electrons. The van der Waals surface area contributed by atoms with Gasteiger partial charge in [-0.05, 0) is 44.5 Å². The summed E-state index contributed by atoms with van der Waals surface area (Å²) >= 11 is 0. The minimum Gasteiger partial charge on any atom is -0.370 e. The van der Waals surface area contributed by atoms with Crippen LogP contribution in [-0.2, 0) is 11.8 Å². The van der Waals surface area contributed by atoms with Crippen molar-refractivity contribution in [1.82, 2.24) is 29.7 Å². The third kappa shape index (κ3) is 3.69. The summed E-state index contributed by atoms with van der Waals surface area (Å²) in [5.41, 5.74) is 6.05. The van der Waals surface area contributed by atoms with E-state index < -0.39 is 0 Å². The number of aromatic nitrogens is 6. The van der Waals surface area contributed by atoms with E-state index in [-0.39, 0.29) is 11.9 Å². The number of aryl methyl sites for hydroxylation is 4. The molecule has 1 saturated heterocycles. The molecule has 3 aromatic heterocycles. The van der Waals surface area contributed by atoms with Crippen LogP contribution in [0.2, 0.25) is 0 Å². The summed E-state index contributed by atoms with van der Waals surface area (Å²) in [6.45, 7) is 7.49. The molecule has 5 rings (SSSR count). The zero-order valence-corrected chi connectivity index (χ0v) is 18.5. The maximum atomic E-state index is 13.8. The number of hydrogen-bond donors (Lipinski definition) is 0. The van der Waals surface area contributed by atoms with E-state index in [1.807, 2.05) is 40.2 Å². The summed E-state index contributed by atoms with van der Waals surface area (Å²) in [5.74, 6) is 0.279. The molecular weight excluding hydrogens is 409 g/mol. The monoisotopic (exact) mass is 433 g/mol. The van der Waals surface area contributed by atoms with Crippen molar-refractivity contribution in [1.29, 1.82) is 0 Å². The molecule has 164 valence electrons. The normalized spacial score (nSPS) is 16.7. The van der Waals surface area contributed by atoms with Gasteiger partial charge in [0.1, 0.15) is 23.1 Å². The van der Waals surface area contributed by atoms with Crippen LogP contribution in [-0.4, -0.2) is 49.4 Å². The first kappa shape index (κ1) is 20.4. The maximum Gasteiger partial charge on any atom is 0.228 e. The zero-order valence-electron chi connectivity index (χ0n) is 18.5. The van der Waals surface area contributed by atoms with Crippen molar-refractivity contribution in [2.75, 3.05) is 24.6 Å². The summed E-state index contributed by atoms with van der Waals surface area (Å²) in [7, 11) is 1.89. The SMILES string of the molecule is Cc1cc(F)ccc1-c1nc(N2CCO[C@@H](c3cnn(C)c3)C2)nc2nc(C)c(C)nc12. The first-order valence-electron chi connectivity index (χ1n) is 10.5. The Bertz CT molecular complexity index is 1320. The van der Waals surface area contributed by atoms with Crippen molar-refractivity contribution in [3.8, 4) is 11.3 Å². The summed E-state index contributed by atoms with van der Waals surface area (Å²) < 4.78 is 21.5. The van der Waals surface area contributed by atoms with Crippen LogP contribution in [0.3, 0.4) is 0 Å². The second kappa shape index (κ2) is 7.90. The van der Waals surface area contributed by atoms with E-state index in [0.717, 1.165) is 28.1 Å². The third-order valence-electron chi connectivity index (χ3n) is 5.82. The molecule has 0 aliphatic carbocycles. The number of rotatable bonds is 3. The summed E-state index contributed by atoms with van der Waals surface area (Å²) in [4.78, 5) is 21.2. The Labute approximate surface area is 185 Å². The molecule has 32 heavy (non-hydrogen) atoms. The van der Waals surface area contributed by atoms with Gasteiger partial charge in [0.15, 0.2) is 5.65 Å². The van der Waals surface area contributed by atoms with Crippen LogP contribution < -0.4 is 4.90 Å². The predicted octanol–water partition coefficient (Wildman–Crippen LogP) is 3.46. The number of morpholine rings is 1. The molecule has 0 spiro atoms. The molecule has 9 heteroatoms. The Hall–Kier alpha value is -3.46. The van der Waals surface area contributed by atoms with Crippen LogP contribution in [0.4, 0.5) is 10.3 Å². The van der Waals surface area contributed by atoms with Crippen LogP contribution in [0, 0.1) is 26.6 Å². The summed E-state index contributed by atoms with van der Waals surface area (Å²) in [6, 6.07) is 4.69. The van der Waals surface area contributed by atoms with Gasteiger partial charge in [0, 0.05) is 30.9 Å². The van der Waals surface area contributed by atoms with E-state index in [0.29, 0.717) is 42.5 Å². The topological polar surface area (TPSA) is 81.9 Å². The van der Waals surface area contributed by atoms with Gasteiger partial charge in [0.25, 0.3) is 0 Å². The van der Waals surface area contributed by atoms with E-state index in [1.165, 1.54) is 12.1 Å². The van der Waals surface area contributed by atoms with Gasteiger partial charge < -0.3 is 9.64 Å². The average molecular weight is 433 g/mol. The number of anilines is 1. The highest BCUT2D eigenvalue weighted by Crippen LogP contribution is 2.31. The minimum atomic E-state index is -0.282. The highest BCUT2D eigenvalue weighted by Gasteiger charge is 2.26. The van der Waals surface area contributed by atoms with Crippen LogP contribution in [0.1, 0.15) is 28.6 Å². The first-order chi connectivity index (χ1) is 15.4. The quantitative estimate of drug-likeness (QED) is 0.489. The number of fused-ring (bicyclic) bond motifs is 1. The average Bonchev–Trinajstić information content (AvgIpc) is 3.21. The van der Waals surface area contributed by atoms with Crippen molar-refractivity contribution < 1.29 is 9.13 Å². The molecule has 1 aliphatic heterocycles. The van der Waals surface area contributed by atoms with E-state index in [1.54, 1.807) is 10.7 Å². The van der Waals surface area contributed by atoms with Crippen LogP contribution in [0.15, 0.2) is 30.6 Å². The molecule has 0 bridgehead atoms. The largest absolute Gasteiger partial charge is 0.370 e. The molecule has 1 aliphatic rings. The highest BCUT2D eigenvalue weighted by molar-refractivity contribution is 5.89. The predicted molar refractivity (Wildman–Crippen MR) is 119 cm³/mol. The van der Waals surface area contributed by atoms with Gasteiger partial charge in [-0.15, -0.1) is 0 Å². The summed E-state index contributed by atoms with van der Waals surface area (Å²) in [6.07, 6.45) is 3.65. The molecule has 1 atom stereocenters. The molecule has 0 unspecified atom stereocenters. The molecule has 4 aromatic rings. The van der Waals surface area contributed by atoms with Crippen molar-refractivity contribution in [2.45, 2.75) is 26.9 Å². The fraction of sp³-hybridized carbons (Fsp3) is 0.348. The number of benzene rings is 1. The zero-order chi connectivity index (χ0) is 22.4. The van der Waals surface area contributed by atoms with E-state index >= 15 is 0 Å². The van der Waals surface area contributed by atoms with Gasteiger partial charge in [0.05, 0.1) is 30.7 Å². The lowest BCUT2D eigenvalue weighted by Crippen LogP contribution is -2.39. The highest BCUT2D eigenvalue weighted by atomic mass is 19.1. The molecule has 0 amide bonds. The summed E-state index contributed by atoms with van der Waals surface area (Å²) in [5, 5.41) is 4.26. The number of ether oxygens (including phenoxy) is 1. The third-order valence-corrected chi connectivity index (χ3v) is 5.82. The van der Waals surface area contributed by atoms with Crippen molar-refractivity contribution in [3.63, 3.8) is 0 Å². The molecule has 1 aromatic carbocycles. The minimum absolute atomic E-state index is 0.126. The Balaban J connectivity index is 1.62. The Morgan fingerprint density at radius 2 is 1.88 bits per heavy atom. The lowest BCUT2D eigenvalue weighted by molar-refractivity contribution is 0.0392. The second-order valence-electron chi connectivity index (χ2n) is 8.15. The van der Waals surface area contributed by atoms with Gasteiger partial charge in [-0.1, -0.05) is 0 Å². The molecule has 8 nitrogen and oxygen atoms in total. The Morgan fingerprint density at radius 3 is 2.62 bits per heavy atom. The van der Waals surface area contributed by atoms with E-state index in [9.17, 15) is 4.39 Å². The number of nitrogens with zero attached hydrogens (tertiary/aromatic N) is 7. The van der Waals surface area contributed by atoms with Crippen LogP contribution in [0.25, 0.3) is 22.4 Å². The Kier molecular flexibility index (Phi) is 5.05. The molecule has 0 saturated carbocycles. The number of hydrogen-bond acceptors (Lipinski definition) is 7. The fourth-order valence-electron chi connectivity index (χ4n) is 3.96. The maximum absolute atomic E-state index is 13.8. The molecular formula is C23H24FN7O.